The third kappa shape index (κ3) is 4.33. The number of carbonyl (C=O) groups is 1. The van der Waals surface area contributed by atoms with Crippen LogP contribution < -0.4 is 5.56 Å². The minimum atomic E-state index is -0.745. The summed E-state index contributed by atoms with van der Waals surface area (Å²) >= 11 is 0. The molecule has 27 heavy (non-hydrogen) atoms. The standard InChI is InChI=1S/C19H14N2O.C3H6O2/c22-19-18-15(10-11-20-18)16-12-14(8-9-17(16)21-19)7-6-13-4-2-1-3-5-13;1-2-3(4)5/h1-12,20H,(H,21,22);2H2,1H3,(H,4,5). The van der Waals surface area contributed by atoms with E-state index < -0.39 is 5.97 Å². The number of aromatic nitrogens is 2. The molecule has 5 nitrogen and oxygen atoms in total. The topological polar surface area (TPSA) is 85.9 Å². The van der Waals surface area contributed by atoms with Gasteiger partial charge in [0.2, 0.25) is 0 Å². The SMILES string of the molecule is CCC(=O)O.O=c1[nH]c2ccc(C=Cc3ccccc3)cc2c2cc[nH]c12. The van der Waals surface area contributed by atoms with Crippen LogP contribution in [0.2, 0.25) is 0 Å². The lowest BCUT2D eigenvalue weighted by atomic mass is 10.1. The fourth-order valence-corrected chi connectivity index (χ4v) is 2.72. The first-order valence-electron chi connectivity index (χ1n) is 8.66. The van der Waals surface area contributed by atoms with E-state index in [0.717, 1.165) is 27.4 Å². The lowest BCUT2D eigenvalue weighted by Gasteiger charge is -2.02. The van der Waals surface area contributed by atoms with E-state index in [-0.39, 0.29) is 12.0 Å². The zero-order chi connectivity index (χ0) is 19.2. The zero-order valence-corrected chi connectivity index (χ0v) is 14.9. The molecular weight excluding hydrogens is 340 g/mol. The van der Waals surface area contributed by atoms with E-state index in [1.54, 1.807) is 13.1 Å². The summed E-state index contributed by atoms with van der Waals surface area (Å²) in [6.07, 6.45) is 6.19. The van der Waals surface area contributed by atoms with Gasteiger partial charge in [-0.1, -0.05) is 55.5 Å². The third-order valence-electron chi connectivity index (χ3n) is 4.13. The molecule has 0 aliphatic rings. The van der Waals surface area contributed by atoms with E-state index in [4.69, 9.17) is 5.11 Å². The molecule has 0 spiro atoms. The Balaban J connectivity index is 0.000000376. The van der Waals surface area contributed by atoms with Crippen molar-refractivity contribution >= 4 is 39.9 Å². The first-order valence-corrected chi connectivity index (χ1v) is 8.66. The van der Waals surface area contributed by atoms with Crippen molar-refractivity contribution in [2.75, 3.05) is 0 Å². The van der Waals surface area contributed by atoms with Gasteiger partial charge in [-0.25, -0.2) is 0 Å². The number of hydrogen-bond acceptors (Lipinski definition) is 2. The number of fused-ring (bicyclic) bond motifs is 3. The average molecular weight is 360 g/mol. The Bertz CT molecular complexity index is 1150. The summed E-state index contributed by atoms with van der Waals surface area (Å²) in [5, 5.41) is 9.72. The summed E-state index contributed by atoms with van der Waals surface area (Å²) in [4.78, 5) is 27.2. The Morgan fingerprint density at radius 1 is 1.00 bits per heavy atom. The summed E-state index contributed by atoms with van der Waals surface area (Å²) in [6.45, 7) is 1.60. The van der Waals surface area contributed by atoms with E-state index in [9.17, 15) is 9.59 Å². The number of aliphatic carboxylic acids is 1. The molecule has 2 aromatic carbocycles. The summed E-state index contributed by atoms with van der Waals surface area (Å²) in [6, 6.07) is 18.2. The Kier molecular flexibility index (Phi) is 5.52. The van der Waals surface area contributed by atoms with Crippen LogP contribution in [0.5, 0.6) is 0 Å². The third-order valence-corrected chi connectivity index (χ3v) is 4.13. The van der Waals surface area contributed by atoms with Gasteiger partial charge in [0.1, 0.15) is 5.52 Å². The maximum atomic E-state index is 11.9. The van der Waals surface area contributed by atoms with Crippen LogP contribution >= 0.6 is 0 Å². The van der Waals surface area contributed by atoms with Crippen molar-refractivity contribution < 1.29 is 9.90 Å². The highest BCUT2D eigenvalue weighted by Crippen LogP contribution is 2.22. The van der Waals surface area contributed by atoms with Crippen molar-refractivity contribution in [1.82, 2.24) is 9.97 Å². The van der Waals surface area contributed by atoms with Crippen LogP contribution in [0.3, 0.4) is 0 Å². The summed E-state index contributed by atoms with van der Waals surface area (Å²) in [5.41, 5.74) is 3.66. The monoisotopic (exact) mass is 360 g/mol. The van der Waals surface area contributed by atoms with Crippen molar-refractivity contribution in [3.63, 3.8) is 0 Å². The first-order chi connectivity index (χ1) is 13.1. The number of carboxylic acid groups (broad SMARTS) is 1. The Morgan fingerprint density at radius 2 is 1.70 bits per heavy atom. The van der Waals surface area contributed by atoms with Gasteiger partial charge in [-0.3, -0.25) is 9.59 Å². The van der Waals surface area contributed by atoms with Crippen LogP contribution in [0.1, 0.15) is 24.5 Å². The molecule has 136 valence electrons. The van der Waals surface area contributed by atoms with Gasteiger partial charge in [0.05, 0.1) is 0 Å². The van der Waals surface area contributed by atoms with Crippen molar-refractivity contribution in [1.29, 1.82) is 0 Å². The quantitative estimate of drug-likeness (QED) is 0.464. The van der Waals surface area contributed by atoms with Gasteiger partial charge in [0.25, 0.3) is 5.56 Å². The van der Waals surface area contributed by atoms with Crippen molar-refractivity contribution in [3.8, 4) is 0 Å². The summed E-state index contributed by atoms with van der Waals surface area (Å²) in [7, 11) is 0. The molecule has 0 aliphatic carbocycles. The summed E-state index contributed by atoms with van der Waals surface area (Å²) < 4.78 is 0. The second-order valence-corrected chi connectivity index (χ2v) is 6.02. The molecule has 4 aromatic rings. The van der Waals surface area contributed by atoms with Gasteiger partial charge in [-0.05, 0) is 29.3 Å². The van der Waals surface area contributed by atoms with Crippen molar-refractivity contribution in [2.24, 2.45) is 0 Å². The Morgan fingerprint density at radius 3 is 2.41 bits per heavy atom. The molecule has 3 N–H and O–H groups in total. The van der Waals surface area contributed by atoms with Crippen LogP contribution in [0.25, 0.3) is 34.0 Å². The smallest absolute Gasteiger partial charge is 0.303 e. The fraction of sp³-hybridized carbons (Fsp3) is 0.0909. The number of hydrogen-bond donors (Lipinski definition) is 3. The number of H-pyrrole nitrogens is 2. The highest BCUT2D eigenvalue weighted by Gasteiger charge is 2.05. The van der Waals surface area contributed by atoms with Crippen LogP contribution in [0.15, 0.2) is 65.6 Å². The summed E-state index contributed by atoms with van der Waals surface area (Å²) in [5.74, 6) is -0.745. The lowest BCUT2D eigenvalue weighted by molar-refractivity contribution is -0.136. The predicted molar refractivity (Wildman–Crippen MR) is 110 cm³/mol. The van der Waals surface area contributed by atoms with E-state index in [2.05, 4.69) is 40.3 Å². The molecule has 0 bridgehead atoms. The number of benzene rings is 2. The van der Waals surface area contributed by atoms with E-state index in [1.165, 1.54) is 0 Å². The maximum Gasteiger partial charge on any atom is 0.303 e. The van der Waals surface area contributed by atoms with Gasteiger partial charge in [0, 0.05) is 28.9 Å². The number of pyridine rings is 1. The Labute approximate surface area is 156 Å². The van der Waals surface area contributed by atoms with Crippen LogP contribution in [-0.4, -0.2) is 21.0 Å². The second kappa shape index (κ2) is 8.19. The molecule has 4 rings (SSSR count). The van der Waals surface area contributed by atoms with Crippen molar-refractivity contribution in [2.45, 2.75) is 13.3 Å². The fourth-order valence-electron chi connectivity index (χ4n) is 2.72. The maximum absolute atomic E-state index is 11.9. The highest BCUT2D eigenvalue weighted by atomic mass is 16.4. The number of nitrogens with one attached hydrogen (secondary N) is 2. The normalized spacial score (nSPS) is 10.9. The van der Waals surface area contributed by atoms with E-state index >= 15 is 0 Å². The molecule has 0 radical (unpaired) electrons. The molecule has 5 heteroatoms. The number of rotatable bonds is 3. The lowest BCUT2D eigenvalue weighted by Crippen LogP contribution is -2.05. The van der Waals surface area contributed by atoms with Gasteiger partial charge in [-0.15, -0.1) is 0 Å². The average Bonchev–Trinajstić information content (AvgIpc) is 3.19. The van der Waals surface area contributed by atoms with Gasteiger partial charge in [0.15, 0.2) is 0 Å². The molecule has 0 unspecified atom stereocenters. The van der Waals surface area contributed by atoms with Gasteiger partial charge < -0.3 is 15.1 Å². The molecule has 0 aliphatic heterocycles. The van der Waals surface area contributed by atoms with E-state index in [1.807, 2.05) is 36.4 Å². The largest absolute Gasteiger partial charge is 0.481 e. The molecule has 0 atom stereocenters. The first kappa shape index (κ1) is 18.2. The minimum Gasteiger partial charge on any atom is -0.481 e. The number of carboxylic acids is 1. The molecular formula is C22H20N2O3. The highest BCUT2D eigenvalue weighted by molar-refractivity contribution is 6.05. The Hall–Kier alpha value is -3.60. The molecule has 0 fully saturated rings. The van der Waals surface area contributed by atoms with Crippen molar-refractivity contribution in [3.05, 3.63) is 82.3 Å². The molecule has 0 amide bonds. The zero-order valence-electron chi connectivity index (χ0n) is 14.9. The minimum absolute atomic E-state index is 0.0833. The molecule has 0 saturated carbocycles. The van der Waals surface area contributed by atoms with Crippen LogP contribution in [-0.2, 0) is 4.79 Å². The molecule has 2 aromatic heterocycles. The van der Waals surface area contributed by atoms with E-state index in [0.29, 0.717) is 5.52 Å². The second-order valence-electron chi connectivity index (χ2n) is 6.02. The molecule has 0 saturated heterocycles. The van der Waals surface area contributed by atoms with Gasteiger partial charge in [-0.2, -0.15) is 0 Å². The number of aromatic amines is 2. The molecule has 2 heterocycles. The predicted octanol–water partition coefficient (Wildman–Crippen LogP) is 4.66. The van der Waals surface area contributed by atoms with Crippen LogP contribution in [0, 0.1) is 0 Å². The van der Waals surface area contributed by atoms with Crippen LogP contribution in [0.4, 0.5) is 0 Å². The van der Waals surface area contributed by atoms with Gasteiger partial charge >= 0.3 is 5.97 Å².